The lowest BCUT2D eigenvalue weighted by Crippen LogP contribution is -2.52. The van der Waals surface area contributed by atoms with Gasteiger partial charge in [-0.2, -0.15) is 0 Å². The molecule has 0 saturated carbocycles. The van der Waals surface area contributed by atoms with Gasteiger partial charge in [0.2, 0.25) is 5.91 Å². The first-order chi connectivity index (χ1) is 9.38. The number of nitrogens with two attached hydrogens (primary N) is 1. The number of hydrogen-bond donors (Lipinski definition) is 2. The number of carbonyl (C=O) groups is 2. The summed E-state index contributed by atoms with van der Waals surface area (Å²) in [5, 5.41) is 9.45. The minimum atomic E-state index is -0.724. The van der Waals surface area contributed by atoms with Gasteiger partial charge in [0.15, 0.2) is 0 Å². The predicted octanol–water partition coefficient (Wildman–Crippen LogP) is 1.85. The normalized spacial score (nSPS) is 21.3. The number of aliphatic carboxylic acids is 1. The summed E-state index contributed by atoms with van der Waals surface area (Å²) in [6.07, 6.45) is 3.48. The maximum Gasteiger partial charge on any atom is 0.309 e. The summed E-state index contributed by atoms with van der Waals surface area (Å²) in [5.74, 6) is -0.600. The highest BCUT2D eigenvalue weighted by molar-refractivity contribution is 5.82. The molecule has 0 spiro atoms. The fraction of sp³-hybridized carbons (Fsp3) is 0.867. The van der Waals surface area contributed by atoms with E-state index >= 15 is 0 Å². The molecule has 0 aromatic heterocycles. The maximum atomic E-state index is 12.3. The summed E-state index contributed by atoms with van der Waals surface area (Å²) in [6.45, 7) is 7.02. The Morgan fingerprint density at radius 3 is 2.25 bits per heavy atom. The predicted molar refractivity (Wildman–Crippen MR) is 78.2 cm³/mol. The summed E-state index contributed by atoms with van der Waals surface area (Å²) in [6, 6.07) is -0.469. The van der Waals surface area contributed by atoms with Crippen molar-refractivity contribution in [3.05, 3.63) is 0 Å². The molecular weight excluding hydrogens is 256 g/mol. The quantitative estimate of drug-likeness (QED) is 0.779. The number of piperidine rings is 1. The number of rotatable bonds is 6. The van der Waals surface area contributed by atoms with E-state index in [0.29, 0.717) is 32.4 Å². The van der Waals surface area contributed by atoms with Crippen LogP contribution in [0.1, 0.15) is 52.9 Å². The van der Waals surface area contributed by atoms with Crippen molar-refractivity contribution in [3.63, 3.8) is 0 Å². The number of nitrogens with zero attached hydrogens (tertiary/aromatic N) is 1. The molecule has 1 aliphatic heterocycles. The van der Waals surface area contributed by atoms with Crippen molar-refractivity contribution in [1.29, 1.82) is 0 Å². The zero-order valence-corrected chi connectivity index (χ0v) is 12.9. The first-order valence-electron chi connectivity index (χ1n) is 7.65. The summed E-state index contributed by atoms with van der Waals surface area (Å²) in [4.78, 5) is 25.5. The number of carboxylic acid groups (broad SMARTS) is 1. The molecule has 1 saturated heterocycles. The Bertz CT molecular complexity index is 349. The maximum absolute atomic E-state index is 12.3. The van der Waals surface area contributed by atoms with Crippen molar-refractivity contribution in [2.24, 2.45) is 17.1 Å². The van der Waals surface area contributed by atoms with Crippen LogP contribution in [0.3, 0.4) is 0 Å². The van der Waals surface area contributed by atoms with Crippen molar-refractivity contribution >= 4 is 11.9 Å². The Morgan fingerprint density at radius 2 is 1.85 bits per heavy atom. The summed E-state index contributed by atoms with van der Waals surface area (Å²) < 4.78 is 0. The van der Waals surface area contributed by atoms with Crippen LogP contribution in [-0.2, 0) is 9.59 Å². The first kappa shape index (κ1) is 17.0. The molecule has 0 aromatic carbocycles. The SMILES string of the molecule is CCCC1(C(=O)O)CCN(C(=O)C(N)C(C)CC)CC1. The highest BCUT2D eigenvalue weighted by Crippen LogP contribution is 2.36. The fourth-order valence-corrected chi connectivity index (χ4v) is 2.91. The second kappa shape index (κ2) is 7.07. The van der Waals surface area contributed by atoms with Gasteiger partial charge >= 0.3 is 5.97 Å². The third-order valence-corrected chi connectivity index (χ3v) is 4.76. The van der Waals surface area contributed by atoms with E-state index < -0.39 is 17.4 Å². The molecule has 116 valence electrons. The third-order valence-electron chi connectivity index (χ3n) is 4.76. The summed E-state index contributed by atoms with van der Waals surface area (Å²) >= 11 is 0. The van der Waals surface area contributed by atoms with Crippen LogP contribution in [0.5, 0.6) is 0 Å². The van der Waals surface area contributed by atoms with Gasteiger partial charge in [-0.25, -0.2) is 0 Å². The van der Waals surface area contributed by atoms with Crippen LogP contribution in [0.15, 0.2) is 0 Å². The number of hydrogen-bond acceptors (Lipinski definition) is 3. The topological polar surface area (TPSA) is 83.6 Å². The van der Waals surface area contributed by atoms with E-state index in [1.165, 1.54) is 0 Å². The monoisotopic (exact) mass is 284 g/mol. The lowest BCUT2D eigenvalue weighted by atomic mass is 9.75. The molecule has 5 heteroatoms. The molecule has 0 bridgehead atoms. The molecular formula is C15H28N2O3. The van der Waals surface area contributed by atoms with Crippen LogP contribution in [0, 0.1) is 11.3 Å². The summed E-state index contributed by atoms with van der Waals surface area (Å²) in [7, 11) is 0. The molecule has 20 heavy (non-hydrogen) atoms. The summed E-state index contributed by atoms with van der Waals surface area (Å²) in [5.41, 5.74) is 5.33. The van der Waals surface area contributed by atoms with Crippen molar-refractivity contribution in [2.45, 2.75) is 58.9 Å². The van der Waals surface area contributed by atoms with Gasteiger partial charge in [-0.15, -0.1) is 0 Å². The van der Waals surface area contributed by atoms with Crippen molar-refractivity contribution in [2.75, 3.05) is 13.1 Å². The zero-order chi connectivity index (χ0) is 15.3. The number of likely N-dealkylation sites (tertiary alicyclic amines) is 1. The molecule has 0 aromatic rings. The molecule has 0 aliphatic carbocycles. The second-order valence-corrected chi connectivity index (χ2v) is 6.07. The molecule has 5 nitrogen and oxygen atoms in total. The van der Waals surface area contributed by atoms with Gasteiger partial charge in [-0.3, -0.25) is 9.59 Å². The van der Waals surface area contributed by atoms with Crippen LogP contribution in [0.4, 0.5) is 0 Å². The van der Waals surface area contributed by atoms with E-state index in [2.05, 4.69) is 0 Å². The lowest BCUT2D eigenvalue weighted by molar-refractivity contribution is -0.155. The number of carboxylic acids is 1. The van der Waals surface area contributed by atoms with Gasteiger partial charge in [0.25, 0.3) is 0 Å². The van der Waals surface area contributed by atoms with E-state index in [1.54, 1.807) is 4.90 Å². The lowest BCUT2D eigenvalue weighted by Gasteiger charge is -2.40. The first-order valence-corrected chi connectivity index (χ1v) is 7.65. The van der Waals surface area contributed by atoms with Crippen LogP contribution >= 0.6 is 0 Å². The van der Waals surface area contributed by atoms with E-state index in [4.69, 9.17) is 5.73 Å². The molecule has 2 atom stereocenters. The molecule has 1 rings (SSSR count). The van der Waals surface area contributed by atoms with Gasteiger partial charge < -0.3 is 15.7 Å². The van der Waals surface area contributed by atoms with E-state index in [9.17, 15) is 14.7 Å². The van der Waals surface area contributed by atoms with E-state index in [1.807, 2.05) is 20.8 Å². The Labute approximate surface area is 121 Å². The Kier molecular flexibility index (Phi) is 5.99. The largest absolute Gasteiger partial charge is 0.481 e. The van der Waals surface area contributed by atoms with Gasteiger partial charge in [0, 0.05) is 13.1 Å². The van der Waals surface area contributed by atoms with Crippen LogP contribution in [-0.4, -0.2) is 41.0 Å². The van der Waals surface area contributed by atoms with Gasteiger partial charge in [0.1, 0.15) is 0 Å². The molecule has 1 heterocycles. The number of carbonyl (C=O) groups excluding carboxylic acids is 1. The molecule has 1 aliphatic rings. The van der Waals surface area contributed by atoms with Crippen molar-refractivity contribution in [1.82, 2.24) is 4.90 Å². The average molecular weight is 284 g/mol. The molecule has 0 radical (unpaired) electrons. The van der Waals surface area contributed by atoms with E-state index in [0.717, 1.165) is 12.8 Å². The fourth-order valence-electron chi connectivity index (χ4n) is 2.91. The van der Waals surface area contributed by atoms with E-state index in [-0.39, 0.29) is 11.8 Å². The van der Waals surface area contributed by atoms with Crippen molar-refractivity contribution in [3.8, 4) is 0 Å². The Balaban J connectivity index is 2.65. The van der Waals surface area contributed by atoms with Crippen LogP contribution in [0.2, 0.25) is 0 Å². The second-order valence-electron chi connectivity index (χ2n) is 6.07. The van der Waals surface area contributed by atoms with Crippen molar-refractivity contribution < 1.29 is 14.7 Å². The van der Waals surface area contributed by atoms with Gasteiger partial charge in [-0.05, 0) is 25.2 Å². The highest BCUT2D eigenvalue weighted by atomic mass is 16.4. The van der Waals surface area contributed by atoms with Gasteiger partial charge in [0.05, 0.1) is 11.5 Å². The highest BCUT2D eigenvalue weighted by Gasteiger charge is 2.42. The van der Waals surface area contributed by atoms with Crippen LogP contribution < -0.4 is 5.73 Å². The minimum absolute atomic E-state index is 0.0326. The molecule has 1 amide bonds. The minimum Gasteiger partial charge on any atom is -0.481 e. The number of amides is 1. The van der Waals surface area contributed by atoms with Gasteiger partial charge in [-0.1, -0.05) is 33.6 Å². The van der Waals surface area contributed by atoms with Crippen LogP contribution in [0.25, 0.3) is 0 Å². The average Bonchev–Trinajstić information content (AvgIpc) is 2.45. The smallest absolute Gasteiger partial charge is 0.309 e. The zero-order valence-electron chi connectivity index (χ0n) is 12.9. The molecule has 1 fully saturated rings. The molecule has 3 N–H and O–H groups in total. The molecule has 2 unspecified atom stereocenters. The standard InChI is InChI=1S/C15H28N2O3/c1-4-6-15(14(19)20)7-9-17(10-8-15)13(18)12(16)11(3)5-2/h11-12H,4-10,16H2,1-3H3,(H,19,20). The Morgan fingerprint density at radius 1 is 1.30 bits per heavy atom. The Hall–Kier alpha value is -1.10. The third kappa shape index (κ3) is 3.51.